The lowest BCUT2D eigenvalue weighted by atomic mass is 9.80. The average Bonchev–Trinajstić information content (AvgIpc) is 3.13. The van der Waals surface area contributed by atoms with Crippen LogP contribution in [0.5, 0.6) is 6.01 Å². The zero-order valence-electron chi connectivity index (χ0n) is 14.5. The van der Waals surface area contributed by atoms with Crippen LogP contribution in [0.1, 0.15) is 42.0 Å². The van der Waals surface area contributed by atoms with Crippen LogP contribution >= 0.6 is 0 Å². The molecule has 0 spiro atoms. The topological polar surface area (TPSA) is 65.7 Å². The van der Waals surface area contributed by atoms with E-state index in [9.17, 15) is 17.6 Å². The summed E-state index contributed by atoms with van der Waals surface area (Å²) >= 11 is 0. The van der Waals surface area contributed by atoms with Crippen LogP contribution in [0.3, 0.4) is 0 Å². The smallest absolute Gasteiger partial charge is 0.316 e. The van der Waals surface area contributed by atoms with Crippen molar-refractivity contribution in [2.75, 3.05) is 0 Å². The first-order valence-corrected chi connectivity index (χ1v) is 8.57. The van der Waals surface area contributed by atoms with Crippen molar-refractivity contribution in [1.82, 2.24) is 25.0 Å². The molecule has 0 unspecified atom stereocenters. The first kappa shape index (κ1) is 18.3. The van der Waals surface area contributed by atoms with E-state index >= 15 is 0 Å². The van der Waals surface area contributed by atoms with Crippen LogP contribution in [0.4, 0.5) is 17.6 Å². The number of alkyl halides is 3. The fraction of sp³-hybridized carbons (Fsp3) is 0.333. The third-order valence-corrected chi connectivity index (χ3v) is 4.57. The summed E-state index contributed by atoms with van der Waals surface area (Å²) in [6.07, 6.45) is 2.00. The molecule has 146 valence electrons. The second-order valence-corrected chi connectivity index (χ2v) is 6.51. The second kappa shape index (κ2) is 7.53. The van der Waals surface area contributed by atoms with E-state index in [1.54, 1.807) is 12.4 Å². The Morgan fingerprint density at radius 3 is 2.61 bits per heavy atom. The lowest BCUT2D eigenvalue weighted by molar-refractivity contribution is 0.146. The molecule has 0 saturated heterocycles. The molecule has 6 nitrogen and oxygen atoms in total. The molecule has 1 saturated carbocycles. The Labute approximate surface area is 157 Å². The van der Waals surface area contributed by atoms with Gasteiger partial charge in [0.05, 0.1) is 17.4 Å². The molecule has 1 fully saturated rings. The molecule has 0 N–H and O–H groups in total. The number of hydrogen-bond acceptors (Lipinski definition) is 5. The molecule has 0 aliphatic heterocycles. The summed E-state index contributed by atoms with van der Waals surface area (Å²) in [5.74, 6) is -0.829. The van der Waals surface area contributed by atoms with Gasteiger partial charge in [0.2, 0.25) is 0 Å². The van der Waals surface area contributed by atoms with Gasteiger partial charge >= 0.3 is 6.01 Å². The molecule has 4 rings (SSSR count). The minimum atomic E-state index is -2.93. The van der Waals surface area contributed by atoms with E-state index in [0.717, 1.165) is 17.7 Å². The van der Waals surface area contributed by atoms with E-state index in [4.69, 9.17) is 4.74 Å². The summed E-state index contributed by atoms with van der Waals surface area (Å²) in [5, 5.41) is 7.73. The Morgan fingerprint density at radius 1 is 1.18 bits per heavy atom. The molecular formula is C18H15F4N5O. The number of rotatable bonds is 6. The maximum absolute atomic E-state index is 13.4. The summed E-state index contributed by atoms with van der Waals surface area (Å²) in [6, 6.07) is 3.43. The van der Waals surface area contributed by atoms with Gasteiger partial charge in [-0.05, 0) is 42.5 Å². The van der Waals surface area contributed by atoms with Gasteiger partial charge in [0.15, 0.2) is 0 Å². The Hall–Kier alpha value is -3.04. The maximum Gasteiger partial charge on any atom is 0.316 e. The summed E-state index contributed by atoms with van der Waals surface area (Å²) < 4.78 is 58.6. The van der Waals surface area contributed by atoms with Gasteiger partial charge in [-0.2, -0.15) is 0 Å². The van der Waals surface area contributed by atoms with Gasteiger partial charge in [-0.1, -0.05) is 5.21 Å². The standard InChI is InChI=1S/C18H15F4N5O/c19-12-3-10(4-12)11-6-23-18(24-7-11)28-9-13-8-27(26-25-13)14-1-2-16(20)15(5-14)17(21)22/h1-2,5-8,10,12,17H,3-4,9H2. The second-order valence-electron chi connectivity index (χ2n) is 6.51. The van der Waals surface area contributed by atoms with Gasteiger partial charge in [0.25, 0.3) is 6.43 Å². The quantitative estimate of drug-likeness (QED) is 0.594. The third-order valence-electron chi connectivity index (χ3n) is 4.57. The van der Waals surface area contributed by atoms with Crippen LogP contribution in [0, 0.1) is 5.82 Å². The summed E-state index contributed by atoms with van der Waals surface area (Å²) in [7, 11) is 0. The highest BCUT2D eigenvalue weighted by atomic mass is 19.3. The molecule has 28 heavy (non-hydrogen) atoms. The van der Waals surface area contributed by atoms with Gasteiger partial charge in [-0.3, -0.25) is 0 Å². The van der Waals surface area contributed by atoms with Crippen molar-refractivity contribution in [3.63, 3.8) is 0 Å². The van der Waals surface area contributed by atoms with E-state index in [1.165, 1.54) is 16.9 Å². The Balaban J connectivity index is 1.39. The van der Waals surface area contributed by atoms with Crippen molar-refractivity contribution in [2.24, 2.45) is 0 Å². The molecule has 0 amide bonds. The molecule has 10 heteroatoms. The van der Waals surface area contributed by atoms with Crippen molar-refractivity contribution in [1.29, 1.82) is 0 Å². The lowest BCUT2D eigenvalue weighted by Crippen LogP contribution is -2.23. The van der Waals surface area contributed by atoms with Crippen LogP contribution < -0.4 is 4.74 Å². The van der Waals surface area contributed by atoms with Crippen molar-refractivity contribution in [3.8, 4) is 11.7 Å². The lowest BCUT2D eigenvalue weighted by Gasteiger charge is -2.29. The highest BCUT2D eigenvalue weighted by Crippen LogP contribution is 2.38. The molecule has 1 aliphatic carbocycles. The largest absolute Gasteiger partial charge is 0.457 e. The molecule has 2 heterocycles. The molecule has 2 aromatic heterocycles. The normalized spacial score (nSPS) is 18.9. The van der Waals surface area contributed by atoms with Crippen LogP contribution in [0.2, 0.25) is 0 Å². The van der Waals surface area contributed by atoms with Gasteiger partial charge in [-0.15, -0.1) is 5.10 Å². The predicted octanol–water partition coefficient (Wildman–Crippen LogP) is 3.93. The SMILES string of the molecule is Fc1ccc(-n2cc(COc3ncc(C4CC(F)C4)cn3)nn2)cc1C(F)F. The Kier molecular flexibility index (Phi) is 4.93. The summed E-state index contributed by atoms with van der Waals surface area (Å²) in [5.41, 5.74) is 0.834. The van der Waals surface area contributed by atoms with Crippen LogP contribution in [0.15, 0.2) is 36.8 Å². The molecular weight excluding hydrogens is 378 g/mol. The number of hydrogen-bond donors (Lipinski definition) is 0. The molecule has 0 radical (unpaired) electrons. The van der Waals surface area contributed by atoms with E-state index in [1.807, 2.05) is 0 Å². The molecule has 1 aliphatic rings. The van der Waals surface area contributed by atoms with Gasteiger partial charge in [-0.25, -0.2) is 32.2 Å². The van der Waals surface area contributed by atoms with Crippen molar-refractivity contribution in [3.05, 3.63) is 59.4 Å². The Bertz CT molecular complexity index is 957. The number of ether oxygens (including phenoxy) is 1. The zero-order chi connectivity index (χ0) is 19.7. The van der Waals surface area contributed by atoms with E-state index in [2.05, 4.69) is 20.3 Å². The minimum absolute atomic E-state index is 0.0121. The first-order chi connectivity index (χ1) is 13.5. The average molecular weight is 393 g/mol. The zero-order valence-corrected chi connectivity index (χ0v) is 14.5. The molecule has 0 bridgehead atoms. The van der Waals surface area contributed by atoms with Crippen molar-refractivity contribution >= 4 is 0 Å². The van der Waals surface area contributed by atoms with Crippen LogP contribution in [-0.2, 0) is 6.61 Å². The Morgan fingerprint density at radius 2 is 1.93 bits per heavy atom. The highest BCUT2D eigenvalue weighted by molar-refractivity contribution is 5.36. The number of benzene rings is 1. The van der Waals surface area contributed by atoms with Crippen molar-refractivity contribution in [2.45, 2.75) is 38.0 Å². The fourth-order valence-electron chi connectivity index (χ4n) is 2.90. The number of halogens is 4. The number of aromatic nitrogens is 5. The summed E-state index contributed by atoms with van der Waals surface area (Å²) in [4.78, 5) is 8.18. The maximum atomic E-state index is 13.4. The van der Waals surface area contributed by atoms with E-state index < -0.39 is 24.0 Å². The molecule has 3 aromatic rings. The monoisotopic (exact) mass is 393 g/mol. The first-order valence-electron chi connectivity index (χ1n) is 8.57. The van der Waals surface area contributed by atoms with Crippen LogP contribution in [-0.4, -0.2) is 31.1 Å². The van der Waals surface area contributed by atoms with E-state index in [-0.39, 0.29) is 24.2 Å². The van der Waals surface area contributed by atoms with Gasteiger partial charge in [0.1, 0.15) is 24.3 Å². The highest BCUT2D eigenvalue weighted by Gasteiger charge is 2.30. The van der Waals surface area contributed by atoms with Crippen molar-refractivity contribution < 1.29 is 22.3 Å². The van der Waals surface area contributed by atoms with Gasteiger partial charge in [0, 0.05) is 12.4 Å². The minimum Gasteiger partial charge on any atom is -0.457 e. The summed E-state index contributed by atoms with van der Waals surface area (Å²) in [6.45, 7) is 0.0121. The fourth-order valence-corrected chi connectivity index (χ4v) is 2.90. The molecule has 0 atom stereocenters. The third kappa shape index (κ3) is 3.80. The predicted molar refractivity (Wildman–Crippen MR) is 89.5 cm³/mol. The molecule has 1 aromatic carbocycles. The van der Waals surface area contributed by atoms with Gasteiger partial charge < -0.3 is 4.74 Å². The van der Waals surface area contributed by atoms with Crippen LogP contribution in [0.25, 0.3) is 5.69 Å². The number of nitrogens with zero attached hydrogens (tertiary/aromatic N) is 5. The van der Waals surface area contributed by atoms with E-state index in [0.29, 0.717) is 18.5 Å².